The van der Waals surface area contributed by atoms with Gasteiger partial charge in [-0.15, -0.1) is 0 Å². The fourth-order valence-corrected chi connectivity index (χ4v) is 4.21. The zero-order valence-electron chi connectivity index (χ0n) is 11.9. The summed E-state index contributed by atoms with van der Waals surface area (Å²) < 4.78 is 0. The van der Waals surface area contributed by atoms with Gasteiger partial charge in [0.25, 0.3) is 0 Å². The molecule has 0 N–H and O–H groups in total. The lowest BCUT2D eigenvalue weighted by molar-refractivity contribution is 0.236. The first-order chi connectivity index (χ1) is 8.63. The van der Waals surface area contributed by atoms with E-state index in [1.165, 1.54) is 43.2 Å². The van der Waals surface area contributed by atoms with E-state index in [1.807, 2.05) is 0 Å². The van der Waals surface area contributed by atoms with Crippen LogP contribution in [0.25, 0.3) is 5.57 Å². The van der Waals surface area contributed by atoms with E-state index in [9.17, 15) is 0 Å². The molecule has 2 aliphatic carbocycles. The molecule has 0 amide bonds. The topological polar surface area (TPSA) is 0 Å². The zero-order valence-corrected chi connectivity index (χ0v) is 11.9. The van der Waals surface area contributed by atoms with Gasteiger partial charge in [0.1, 0.15) is 0 Å². The van der Waals surface area contributed by atoms with Gasteiger partial charge in [-0.05, 0) is 61.1 Å². The molecule has 0 heteroatoms. The molecule has 0 nitrogen and oxygen atoms in total. The highest BCUT2D eigenvalue weighted by atomic mass is 14.4. The van der Waals surface area contributed by atoms with Crippen molar-refractivity contribution in [3.05, 3.63) is 41.0 Å². The number of hydrogen-bond donors (Lipinski definition) is 0. The normalized spacial score (nSPS) is 28.6. The molecule has 96 valence electrons. The van der Waals surface area contributed by atoms with Crippen LogP contribution in [0, 0.1) is 11.3 Å². The minimum absolute atomic E-state index is 0.412. The third kappa shape index (κ3) is 1.66. The Morgan fingerprint density at radius 2 is 1.72 bits per heavy atom. The summed E-state index contributed by atoms with van der Waals surface area (Å²) in [5.74, 6) is 0.904. The van der Waals surface area contributed by atoms with Crippen LogP contribution in [0.4, 0.5) is 0 Å². The van der Waals surface area contributed by atoms with Crippen molar-refractivity contribution in [3.8, 4) is 0 Å². The maximum atomic E-state index is 2.51. The predicted molar refractivity (Wildman–Crippen MR) is 78.5 cm³/mol. The summed E-state index contributed by atoms with van der Waals surface area (Å²) in [7, 11) is 0. The Kier molecular flexibility index (Phi) is 2.84. The van der Waals surface area contributed by atoms with Gasteiger partial charge in [-0.3, -0.25) is 0 Å². The summed E-state index contributed by atoms with van der Waals surface area (Å²) in [6.07, 6.45) is 6.99. The molecule has 0 heterocycles. The van der Waals surface area contributed by atoms with E-state index in [2.05, 4.69) is 45.0 Å². The van der Waals surface area contributed by atoms with E-state index < -0.39 is 0 Å². The Morgan fingerprint density at radius 3 is 2.44 bits per heavy atom. The quantitative estimate of drug-likeness (QED) is 0.630. The van der Waals surface area contributed by atoms with Crippen molar-refractivity contribution < 1.29 is 0 Å². The maximum absolute atomic E-state index is 2.51. The lowest BCUT2D eigenvalue weighted by Crippen LogP contribution is -2.33. The van der Waals surface area contributed by atoms with Gasteiger partial charge in [0.15, 0.2) is 0 Å². The first-order valence-corrected chi connectivity index (χ1v) is 7.39. The molecule has 1 fully saturated rings. The van der Waals surface area contributed by atoms with Crippen molar-refractivity contribution in [1.29, 1.82) is 0 Å². The van der Waals surface area contributed by atoms with Crippen LogP contribution in [0.1, 0.15) is 57.6 Å². The highest BCUT2D eigenvalue weighted by Gasteiger charge is 2.40. The van der Waals surface area contributed by atoms with Gasteiger partial charge in [0.05, 0.1) is 0 Å². The van der Waals surface area contributed by atoms with Crippen molar-refractivity contribution in [2.24, 2.45) is 11.3 Å². The van der Waals surface area contributed by atoms with E-state index in [0.29, 0.717) is 5.41 Å². The summed E-state index contributed by atoms with van der Waals surface area (Å²) in [6, 6.07) is 9.00. The third-order valence-electron chi connectivity index (χ3n) is 5.65. The Hall–Kier alpha value is -1.04. The Balaban J connectivity index is 2.08. The summed E-state index contributed by atoms with van der Waals surface area (Å²) in [5.41, 5.74) is 6.65. The number of hydrogen-bond acceptors (Lipinski definition) is 0. The van der Waals surface area contributed by atoms with Crippen molar-refractivity contribution in [2.45, 2.75) is 52.9 Å². The molecule has 2 aliphatic rings. The molecule has 3 rings (SSSR count). The number of fused-ring (bicyclic) bond motifs is 1. The van der Waals surface area contributed by atoms with E-state index in [0.717, 1.165) is 5.92 Å². The highest BCUT2D eigenvalue weighted by molar-refractivity contribution is 5.72. The molecule has 18 heavy (non-hydrogen) atoms. The number of allylic oxidation sites excluding steroid dienone is 2. The van der Waals surface area contributed by atoms with Crippen LogP contribution in [0.5, 0.6) is 0 Å². The van der Waals surface area contributed by atoms with Crippen LogP contribution >= 0.6 is 0 Å². The van der Waals surface area contributed by atoms with Gasteiger partial charge in [-0.2, -0.15) is 0 Å². The average molecular weight is 240 g/mol. The molecule has 0 spiro atoms. The van der Waals surface area contributed by atoms with Crippen LogP contribution in [0.15, 0.2) is 29.8 Å². The number of rotatable bonds is 1. The molecule has 0 aliphatic heterocycles. The first-order valence-electron chi connectivity index (χ1n) is 7.39. The van der Waals surface area contributed by atoms with Crippen LogP contribution < -0.4 is 0 Å². The molecule has 0 aromatic heterocycles. The summed E-state index contributed by atoms with van der Waals surface area (Å²) >= 11 is 0. The lowest BCUT2D eigenvalue weighted by Gasteiger charge is -2.42. The van der Waals surface area contributed by atoms with E-state index in [4.69, 9.17) is 0 Å². The van der Waals surface area contributed by atoms with Crippen LogP contribution in [-0.4, -0.2) is 0 Å². The summed E-state index contributed by atoms with van der Waals surface area (Å²) in [4.78, 5) is 0. The van der Waals surface area contributed by atoms with Crippen molar-refractivity contribution >= 4 is 5.57 Å². The molecule has 0 radical (unpaired) electrons. The van der Waals surface area contributed by atoms with Gasteiger partial charge in [0.2, 0.25) is 0 Å². The molecular formula is C18H24. The van der Waals surface area contributed by atoms with Gasteiger partial charge >= 0.3 is 0 Å². The Labute approximate surface area is 111 Å². The molecule has 0 saturated heterocycles. The standard InChI is InChI=1S/C18H24/c1-13-14(2)18(3,16-9-5-6-10-16)12-15-8-4-7-11-17(13)15/h4,7-8,11,16H,5-6,9-10,12H2,1-3H3. The zero-order chi connectivity index (χ0) is 12.8. The minimum atomic E-state index is 0.412. The maximum Gasteiger partial charge on any atom is -0.00444 e. The van der Waals surface area contributed by atoms with E-state index in [1.54, 1.807) is 11.1 Å². The SMILES string of the molecule is CC1=C(C)C(C)(C2CCCC2)Cc2ccccc21. The van der Waals surface area contributed by atoms with Crippen molar-refractivity contribution in [2.75, 3.05) is 0 Å². The monoisotopic (exact) mass is 240 g/mol. The molecular weight excluding hydrogens is 216 g/mol. The predicted octanol–water partition coefficient (Wildman–Crippen LogP) is 5.23. The van der Waals surface area contributed by atoms with Crippen LogP contribution in [-0.2, 0) is 6.42 Å². The molecule has 1 aromatic rings. The third-order valence-corrected chi connectivity index (χ3v) is 5.65. The Bertz CT molecular complexity index is 489. The van der Waals surface area contributed by atoms with Gasteiger partial charge in [-0.1, -0.05) is 49.6 Å². The van der Waals surface area contributed by atoms with E-state index in [-0.39, 0.29) is 0 Å². The fraction of sp³-hybridized carbons (Fsp3) is 0.556. The molecule has 1 atom stereocenters. The second-order valence-electron chi connectivity index (χ2n) is 6.48. The molecule has 1 saturated carbocycles. The first kappa shape index (κ1) is 12.0. The molecule has 1 aromatic carbocycles. The summed E-state index contributed by atoms with van der Waals surface area (Å²) in [5, 5.41) is 0. The molecule has 1 unspecified atom stereocenters. The van der Waals surface area contributed by atoms with Crippen molar-refractivity contribution in [1.82, 2.24) is 0 Å². The lowest BCUT2D eigenvalue weighted by atomic mass is 9.62. The van der Waals surface area contributed by atoms with Crippen LogP contribution in [0.2, 0.25) is 0 Å². The summed E-state index contributed by atoms with van der Waals surface area (Å²) in [6.45, 7) is 7.21. The van der Waals surface area contributed by atoms with Gasteiger partial charge < -0.3 is 0 Å². The fourth-order valence-electron chi connectivity index (χ4n) is 4.21. The largest absolute Gasteiger partial charge is 0.0633 e. The smallest absolute Gasteiger partial charge is 0.00444 e. The second-order valence-corrected chi connectivity index (χ2v) is 6.48. The number of benzene rings is 1. The minimum Gasteiger partial charge on any atom is -0.0633 e. The van der Waals surface area contributed by atoms with Crippen molar-refractivity contribution in [3.63, 3.8) is 0 Å². The highest BCUT2D eigenvalue weighted by Crippen LogP contribution is 2.51. The van der Waals surface area contributed by atoms with Gasteiger partial charge in [-0.25, -0.2) is 0 Å². The van der Waals surface area contributed by atoms with E-state index >= 15 is 0 Å². The van der Waals surface area contributed by atoms with Gasteiger partial charge in [0, 0.05) is 0 Å². The Morgan fingerprint density at radius 1 is 1.06 bits per heavy atom. The van der Waals surface area contributed by atoms with Crippen LogP contribution in [0.3, 0.4) is 0 Å². The molecule has 0 bridgehead atoms. The second kappa shape index (κ2) is 4.26. The average Bonchev–Trinajstić information content (AvgIpc) is 2.91.